The Kier molecular flexibility index (Phi) is 6.04. The van der Waals surface area contributed by atoms with E-state index >= 15 is 0 Å². The minimum atomic E-state index is -0.337. The molecule has 0 bridgehead atoms. The van der Waals surface area contributed by atoms with Gasteiger partial charge in [0, 0.05) is 17.8 Å². The number of halogens is 1. The normalized spacial score (nSPS) is 15.6. The zero-order chi connectivity index (χ0) is 20.4. The zero-order valence-electron chi connectivity index (χ0n) is 14.9. The fraction of sp³-hybridized carbons (Fsp3) is 0.158. The number of nitrogens with zero attached hydrogens (tertiary/aromatic N) is 2. The molecule has 1 aliphatic heterocycles. The largest absolute Gasteiger partial charge is 0.302 e. The van der Waals surface area contributed by atoms with Gasteiger partial charge in [0.2, 0.25) is 5.91 Å². The van der Waals surface area contributed by atoms with E-state index < -0.39 is 0 Å². The van der Waals surface area contributed by atoms with E-state index in [1.54, 1.807) is 17.4 Å². The van der Waals surface area contributed by atoms with Crippen LogP contribution in [0.5, 0.6) is 0 Å². The predicted octanol–water partition coefficient (Wildman–Crippen LogP) is 5.12. The number of nitrogens with one attached hydrogen (secondary N) is 1. The molecular formula is C19H14FN3O2S4. The van der Waals surface area contributed by atoms with E-state index in [1.807, 2.05) is 23.6 Å². The number of thiazole rings is 1. The van der Waals surface area contributed by atoms with Gasteiger partial charge in [-0.25, -0.2) is 9.37 Å². The predicted molar refractivity (Wildman–Crippen MR) is 122 cm³/mol. The molecule has 3 heterocycles. The van der Waals surface area contributed by atoms with Gasteiger partial charge < -0.3 is 5.32 Å². The molecule has 0 atom stereocenters. The molecule has 0 unspecified atom stereocenters. The third kappa shape index (κ3) is 4.72. The number of thiophene rings is 1. The average molecular weight is 464 g/mol. The summed E-state index contributed by atoms with van der Waals surface area (Å²) < 4.78 is 14.4. The smallest absolute Gasteiger partial charge is 0.266 e. The molecule has 1 fully saturated rings. The lowest BCUT2D eigenvalue weighted by molar-refractivity contribution is -0.122. The number of benzene rings is 1. The topological polar surface area (TPSA) is 62.3 Å². The van der Waals surface area contributed by atoms with Crippen molar-refractivity contribution >= 4 is 84.2 Å². The highest BCUT2D eigenvalue weighted by Crippen LogP contribution is 2.33. The third-order valence-electron chi connectivity index (χ3n) is 4.07. The number of anilines is 1. The van der Waals surface area contributed by atoms with E-state index in [0.717, 1.165) is 4.88 Å². The van der Waals surface area contributed by atoms with Crippen LogP contribution in [0.25, 0.3) is 16.3 Å². The van der Waals surface area contributed by atoms with Gasteiger partial charge in [-0.2, -0.15) is 0 Å². The van der Waals surface area contributed by atoms with Crippen LogP contribution in [0.2, 0.25) is 0 Å². The summed E-state index contributed by atoms with van der Waals surface area (Å²) >= 11 is 9.37. The molecule has 1 aliphatic rings. The molecule has 29 heavy (non-hydrogen) atoms. The summed E-state index contributed by atoms with van der Waals surface area (Å²) in [7, 11) is 0. The van der Waals surface area contributed by atoms with Gasteiger partial charge in [0.25, 0.3) is 5.91 Å². The summed E-state index contributed by atoms with van der Waals surface area (Å²) in [5.41, 5.74) is 0.641. The quantitative estimate of drug-likeness (QED) is 0.406. The van der Waals surface area contributed by atoms with Gasteiger partial charge >= 0.3 is 0 Å². The Labute approximate surface area is 183 Å². The molecule has 0 aliphatic carbocycles. The molecule has 2 aromatic heterocycles. The molecule has 0 saturated carbocycles. The Bertz CT molecular complexity index is 1120. The van der Waals surface area contributed by atoms with E-state index in [4.69, 9.17) is 12.2 Å². The van der Waals surface area contributed by atoms with Crippen molar-refractivity contribution in [1.29, 1.82) is 0 Å². The number of hydrogen-bond donors (Lipinski definition) is 1. The van der Waals surface area contributed by atoms with Gasteiger partial charge in [-0.15, -0.1) is 11.3 Å². The number of thiocarbonyl (C=S) groups is 1. The van der Waals surface area contributed by atoms with E-state index in [-0.39, 0.29) is 24.1 Å². The van der Waals surface area contributed by atoms with Gasteiger partial charge in [-0.1, -0.05) is 41.4 Å². The van der Waals surface area contributed by atoms with Crippen LogP contribution in [0, 0.1) is 5.82 Å². The van der Waals surface area contributed by atoms with Crippen LogP contribution < -0.4 is 5.32 Å². The summed E-state index contributed by atoms with van der Waals surface area (Å²) in [6.45, 7) is 0.380. The first-order valence-corrected chi connectivity index (χ1v) is 11.6. The Morgan fingerprint density at radius 2 is 2.21 bits per heavy atom. The molecule has 10 heteroatoms. The van der Waals surface area contributed by atoms with Gasteiger partial charge in [-0.3, -0.25) is 14.5 Å². The molecule has 1 aromatic carbocycles. The first-order valence-electron chi connectivity index (χ1n) is 8.64. The van der Waals surface area contributed by atoms with Crippen LogP contribution in [0.15, 0.2) is 40.6 Å². The van der Waals surface area contributed by atoms with Crippen LogP contribution in [-0.2, 0) is 9.59 Å². The monoisotopic (exact) mass is 463 g/mol. The zero-order valence-corrected chi connectivity index (χ0v) is 18.2. The van der Waals surface area contributed by atoms with Gasteiger partial charge in [0.1, 0.15) is 10.1 Å². The minimum Gasteiger partial charge on any atom is -0.302 e. The Hall–Kier alpha value is -2.14. The van der Waals surface area contributed by atoms with E-state index in [2.05, 4.69) is 10.3 Å². The molecule has 148 valence electrons. The fourth-order valence-corrected chi connectivity index (χ4v) is 5.67. The highest BCUT2D eigenvalue weighted by molar-refractivity contribution is 8.26. The lowest BCUT2D eigenvalue weighted by atomic mass is 10.2. The number of amides is 2. The second kappa shape index (κ2) is 8.70. The van der Waals surface area contributed by atoms with Gasteiger partial charge in [-0.05, 0) is 42.1 Å². The number of rotatable bonds is 6. The van der Waals surface area contributed by atoms with Crippen molar-refractivity contribution in [3.63, 3.8) is 0 Å². The molecule has 4 rings (SSSR count). The Morgan fingerprint density at radius 3 is 3.00 bits per heavy atom. The van der Waals surface area contributed by atoms with Crippen LogP contribution in [0.4, 0.5) is 9.52 Å². The molecule has 5 nitrogen and oxygen atoms in total. The summed E-state index contributed by atoms with van der Waals surface area (Å²) in [5.74, 6) is -0.665. The SMILES string of the molecule is O=C(CCCN1C(=O)/C(=C/c2cccs2)SC1=S)Nc1nc2ccc(F)cc2s1. The van der Waals surface area contributed by atoms with Crippen molar-refractivity contribution in [3.05, 3.63) is 51.3 Å². The van der Waals surface area contributed by atoms with Crippen LogP contribution in [0.3, 0.4) is 0 Å². The number of aromatic nitrogens is 1. The number of carbonyl (C=O) groups is 2. The van der Waals surface area contributed by atoms with Crippen molar-refractivity contribution in [2.24, 2.45) is 0 Å². The standard InChI is InChI=1S/C19H14FN3O2S4/c20-11-5-6-13-14(9-11)28-18(21-13)22-16(24)4-1-7-23-17(25)15(29-19(23)26)10-12-3-2-8-27-12/h2-3,5-6,8-10H,1,4,7H2,(H,21,22,24)/b15-10-. The van der Waals surface area contributed by atoms with Crippen LogP contribution in [0.1, 0.15) is 17.7 Å². The maximum atomic E-state index is 13.3. The third-order valence-corrected chi connectivity index (χ3v) is 7.20. The molecular weight excluding hydrogens is 449 g/mol. The number of carbonyl (C=O) groups excluding carboxylic acids is 2. The Balaban J connectivity index is 1.30. The summed E-state index contributed by atoms with van der Waals surface area (Å²) in [5, 5.41) is 5.11. The number of hydrogen-bond acceptors (Lipinski definition) is 7. The number of fused-ring (bicyclic) bond motifs is 1. The highest BCUT2D eigenvalue weighted by Gasteiger charge is 2.31. The van der Waals surface area contributed by atoms with Crippen molar-refractivity contribution in [2.75, 3.05) is 11.9 Å². The van der Waals surface area contributed by atoms with Gasteiger partial charge in [0.15, 0.2) is 5.13 Å². The molecule has 3 aromatic rings. The summed E-state index contributed by atoms with van der Waals surface area (Å²) in [6, 6.07) is 8.18. The molecule has 1 saturated heterocycles. The van der Waals surface area contributed by atoms with Crippen molar-refractivity contribution in [1.82, 2.24) is 9.88 Å². The second-order valence-electron chi connectivity index (χ2n) is 6.13. The second-order valence-corrected chi connectivity index (χ2v) is 9.82. The van der Waals surface area contributed by atoms with E-state index in [1.165, 1.54) is 40.1 Å². The first-order chi connectivity index (χ1) is 14.0. The minimum absolute atomic E-state index is 0.123. The van der Waals surface area contributed by atoms with Crippen LogP contribution in [-0.4, -0.2) is 32.6 Å². The van der Waals surface area contributed by atoms with E-state index in [0.29, 0.717) is 37.5 Å². The maximum absolute atomic E-state index is 13.3. The first kappa shape index (κ1) is 20.1. The van der Waals surface area contributed by atoms with Crippen molar-refractivity contribution in [3.8, 4) is 0 Å². The highest BCUT2D eigenvalue weighted by atomic mass is 32.2. The fourth-order valence-electron chi connectivity index (χ4n) is 2.73. The lowest BCUT2D eigenvalue weighted by Gasteiger charge is -2.13. The summed E-state index contributed by atoms with van der Waals surface area (Å²) in [6.07, 6.45) is 2.54. The molecule has 2 amide bonds. The molecule has 0 spiro atoms. The number of thioether (sulfide) groups is 1. The van der Waals surface area contributed by atoms with Gasteiger partial charge in [0.05, 0.1) is 15.1 Å². The maximum Gasteiger partial charge on any atom is 0.266 e. The average Bonchev–Trinajstić information content (AvgIpc) is 3.38. The van der Waals surface area contributed by atoms with Crippen molar-refractivity contribution in [2.45, 2.75) is 12.8 Å². The molecule has 1 N–H and O–H groups in total. The van der Waals surface area contributed by atoms with E-state index in [9.17, 15) is 14.0 Å². The van der Waals surface area contributed by atoms with Crippen molar-refractivity contribution < 1.29 is 14.0 Å². The molecule has 0 radical (unpaired) electrons. The Morgan fingerprint density at radius 1 is 1.34 bits per heavy atom. The summed E-state index contributed by atoms with van der Waals surface area (Å²) in [4.78, 5) is 32.2. The lowest BCUT2D eigenvalue weighted by Crippen LogP contribution is -2.29. The van der Waals surface area contributed by atoms with Crippen LogP contribution >= 0.6 is 46.7 Å².